The van der Waals surface area contributed by atoms with Crippen molar-refractivity contribution >= 4 is 17.1 Å². The molecule has 1 heterocycles. The van der Waals surface area contributed by atoms with E-state index in [0.717, 1.165) is 23.3 Å². The van der Waals surface area contributed by atoms with Crippen LogP contribution in [-0.4, -0.2) is 0 Å². The number of benzene rings is 5. The van der Waals surface area contributed by atoms with Gasteiger partial charge in [0.05, 0.1) is 5.69 Å². The predicted molar refractivity (Wildman–Crippen MR) is 239 cm³/mol. The first-order valence-electron chi connectivity index (χ1n) is 22.8. The first-order valence-corrected chi connectivity index (χ1v) is 22.8. The predicted octanol–water partition coefficient (Wildman–Crippen LogP) is 15.0. The van der Waals surface area contributed by atoms with Crippen LogP contribution in [0.3, 0.4) is 0 Å². The molecule has 0 aromatic heterocycles. The molecule has 0 amide bonds. The molecular formula is C56H61NO. The van der Waals surface area contributed by atoms with Crippen LogP contribution < -0.4 is 9.64 Å². The number of para-hydroxylation sites is 1. The molecule has 6 atom stereocenters. The minimum atomic E-state index is -0.0492. The monoisotopic (exact) mass is 763 g/mol. The van der Waals surface area contributed by atoms with Crippen molar-refractivity contribution in [3.8, 4) is 22.6 Å². The molecule has 4 saturated carbocycles. The zero-order chi connectivity index (χ0) is 39.8. The number of fused-ring (bicyclic) bond motifs is 9. The molecule has 0 saturated heterocycles. The molecular weight excluding hydrogens is 703 g/mol. The van der Waals surface area contributed by atoms with Crippen molar-refractivity contribution in [2.45, 2.75) is 134 Å². The first kappa shape index (κ1) is 35.6. The maximum atomic E-state index is 7.55. The summed E-state index contributed by atoms with van der Waals surface area (Å²) >= 11 is 0. The molecule has 4 fully saturated rings. The summed E-state index contributed by atoms with van der Waals surface area (Å²) < 4.78 is 7.55. The third-order valence-electron chi connectivity index (χ3n) is 18.1. The second-order valence-corrected chi connectivity index (χ2v) is 22.7. The van der Waals surface area contributed by atoms with E-state index in [-0.39, 0.29) is 27.1 Å². The van der Waals surface area contributed by atoms with E-state index in [1.54, 1.807) is 0 Å². The molecule has 2 bridgehead atoms. The Kier molecular flexibility index (Phi) is 6.93. The molecule has 58 heavy (non-hydrogen) atoms. The summed E-state index contributed by atoms with van der Waals surface area (Å²) in [6, 6.07) is 40.3. The molecule has 2 nitrogen and oxygen atoms in total. The molecule has 6 aliphatic carbocycles. The van der Waals surface area contributed by atoms with E-state index in [0.29, 0.717) is 17.3 Å². The van der Waals surface area contributed by atoms with Gasteiger partial charge in [-0.1, -0.05) is 122 Å². The Morgan fingerprint density at radius 2 is 1.12 bits per heavy atom. The fourth-order valence-electron chi connectivity index (χ4n) is 15.1. The molecule has 0 radical (unpaired) electrons. The van der Waals surface area contributed by atoms with Crippen molar-refractivity contribution in [2.24, 2.45) is 29.1 Å². The van der Waals surface area contributed by atoms with Crippen LogP contribution >= 0.6 is 0 Å². The zero-order valence-electron chi connectivity index (χ0n) is 36.1. The number of nitrogens with zero attached hydrogens (tertiary/aromatic N) is 1. The van der Waals surface area contributed by atoms with Crippen LogP contribution in [0.5, 0.6) is 11.5 Å². The largest absolute Gasteiger partial charge is 0.454 e. The van der Waals surface area contributed by atoms with Crippen LogP contribution in [0.1, 0.15) is 140 Å². The van der Waals surface area contributed by atoms with Gasteiger partial charge in [-0.05, 0) is 172 Å². The standard InChI is InChI=1S/C56H61NO/c1-51(2)24-26-53(5,6)43-31-37(20-22-40(43)51)57(38-21-23-41-44(32-38)54(7,8)27-25-52(41,3)4)45-18-13-17-42-50(45)58-46-19-12-16-39(35-14-10-9-11-15-35)49(46)56(42)47-29-34-28-36-30-48(56)55(36,47)33-34/h9-23,31-32,34,36,47-48H,24-30,33H2,1-8H3. The average molecular weight is 764 g/mol. The van der Waals surface area contributed by atoms with Crippen molar-refractivity contribution in [2.75, 3.05) is 4.90 Å². The fourth-order valence-corrected chi connectivity index (χ4v) is 15.1. The lowest BCUT2D eigenvalue weighted by molar-refractivity contribution is -0.234. The number of rotatable bonds is 4. The van der Waals surface area contributed by atoms with Gasteiger partial charge in [0.15, 0.2) is 5.75 Å². The smallest absolute Gasteiger partial charge is 0.155 e. The van der Waals surface area contributed by atoms with Crippen LogP contribution in [0.2, 0.25) is 0 Å². The lowest BCUT2D eigenvalue weighted by Gasteiger charge is -2.77. The lowest BCUT2D eigenvalue weighted by atomic mass is 9.26. The summed E-state index contributed by atoms with van der Waals surface area (Å²) in [7, 11) is 0. The summed E-state index contributed by atoms with van der Waals surface area (Å²) in [6.45, 7) is 19.6. The summed E-state index contributed by atoms with van der Waals surface area (Å²) in [4.78, 5) is 2.60. The van der Waals surface area contributed by atoms with Gasteiger partial charge in [0.1, 0.15) is 5.75 Å². The van der Waals surface area contributed by atoms with Gasteiger partial charge in [0.2, 0.25) is 0 Å². The Morgan fingerprint density at radius 3 is 1.74 bits per heavy atom. The lowest BCUT2D eigenvalue weighted by Crippen LogP contribution is -2.74. The van der Waals surface area contributed by atoms with E-state index < -0.39 is 0 Å². The van der Waals surface area contributed by atoms with E-state index in [1.807, 2.05) is 0 Å². The van der Waals surface area contributed by atoms with Crippen LogP contribution in [0, 0.1) is 29.1 Å². The highest BCUT2D eigenvalue weighted by atomic mass is 16.5. The molecule has 1 aliphatic heterocycles. The van der Waals surface area contributed by atoms with Gasteiger partial charge in [0, 0.05) is 27.9 Å². The zero-order valence-corrected chi connectivity index (χ0v) is 36.1. The molecule has 0 N–H and O–H groups in total. The number of ether oxygens (including phenoxy) is 1. The van der Waals surface area contributed by atoms with E-state index in [9.17, 15) is 0 Å². The molecule has 6 unspecified atom stereocenters. The summed E-state index contributed by atoms with van der Waals surface area (Å²) in [5.41, 5.74) is 16.2. The summed E-state index contributed by atoms with van der Waals surface area (Å²) in [6.07, 6.45) is 10.4. The van der Waals surface area contributed by atoms with Crippen molar-refractivity contribution in [1.29, 1.82) is 0 Å². The number of hydrogen-bond donors (Lipinski definition) is 0. The fraction of sp³-hybridized carbons (Fsp3) is 0.464. The SMILES string of the molecule is CC1(C)CCC(C)(C)c2cc(N(c3ccc4c(c3)C(C)(C)CCC4(C)C)c3cccc4c3Oc3cccc(-c5ccccc5)c3C43C4CC5CC6CC3C64C5)ccc21. The second-order valence-electron chi connectivity index (χ2n) is 22.7. The topological polar surface area (TPSA) is 12.5 Å². The van der Waals surface area contributed by atoms with Crippen molar-refractivity contribution in [3.63, 3.8) is 0 Å². The summed E-state index contributed by atoms with van der Waals surface area (Å²) in [5, 5.41) is 0. The number of hydrogen-bond acceptors (Lipinski definition) is 2. The highest BCUT2D eigenvalue weighted by molar-refractivity contribution is 5.86. The quantitative estimate of drug-likeness (QED) is 0.181. The van der Waals surface area contributed by atoms with Gasteiger partial charge in [-0.15, -0.1) is 0 Å². The number of anilines is 3. The van der Waals surface area contributed by atoms with Crippen LogP contribution in [0.25, 0.3) is 11.1 Å². The second kappa shape index (κ2) is 11.3. The summed E-state index contributed by atoms with van der Waals surface area (Å²) in [5.74, 6) is 5.27. The minimum absolute atomic E-state index is 0.0492. The van der Waals surface area contributed by atoms with E-state index in [1.165, 1.54) is 113 Å². The van der Waals surface area contributed by atoms with Crippen molar-refractivity contribution in [1.82, 2.24) is 0 Å². The van der Waals surface area contributed by atoms with Crippen molar-refractivity contribution < 1.29 is 4.74 Å². The molecule has 296 valence electrons. The average Bonchev–Trinajstić information content (AvgIpc) is 3.74. The van der Waals surface area contributed by atoms with Gasteiger partial charge in [-0.25, -0.2) is 0 Å². The Labute approximate surface area is 347 Å². The molecule has 7 aliphatic rings. The van der Waals surface area contributed by atoms with Gasteiger partial charge in [0.25, 0.3) is 0 Å². The maximum absolute atomic E-state index is 7.55. The molecule has 2 spiro atoms. The van der Waals surface area contributed by atoms with Gasteiger partial charge in [-0.3, -0.25) is 0 Å². The highest BCUT2D eigenvalue weighted by Gasteiger charge is 2.84. The van der Waals surface area contributed by atoms with Gasteiger partial charge in [-0.2, -0.15) is 0 Å². The van der Waals surface area contributed by atoms with Crippen LogP contribution in [0.15, 0.2) is 103 Å². The third kappa shape index (κ3) is 4.35. The Balaban J connectivity index is 1.12. The molecule has 5 aromatic carbocycles. The Morgan fingerprint density at radius 1 is 0.534 bits per heavy atom. The van der Waals surface area contributed by atoms with E-state index in [2.05, 4.69) is 163 Å². The molecule has 2 heteroatoms. The Hall–Kier alpha value is -4.30. The molecule has 12 rings (SSSR count). The first-order chi connectivity index (χ1) is 27.7. The van der Waals surface area contributed by atoms with Crippen LogP contribution in [-0.2, 0) is 27.1 Å². The minimum Gasteiger partial charge on any atom is -0.454 e. The van der Waals surface area contributed by atoms with Gasteiger partial charge < -0.3 is 9.64 Å². The van der Waals surface area contributed by atoms with Crippen LogP contribution in [0.4, 0.5) is 17.1 Å². The normalized spacial score (nSPS) is 31.4. The third-order valence-corrected chi connectivity index (χ3v) is 18.1. The van der Waals surface area contributed by atoms with Gasteiger partial charge >= 0.3 is 0 Å². The van der Waals surface area contributed by atoms with Crippen molar-refractivity contribution in [3.05, 3.63) is 137 Å². The highest BCUT2D eigenvalue weighted by Crippen LogP contribution is 2.90. The van der Waals surface area contributed by atoms with E-state index in [4.69, 9.17) is 4.74 Å². The molecule has 5 aromatic rings. The Bertz CT molecular complexity index is 2480. The van der Waals surface area contributed by atoms with E-state index >= 15 is 0 Å². The maximum Gasteiger partial charge on any atom is 0.155 e.